The normalized spacial score (nSPS) is 11.9. The first-order chi connectivity index (χ1) is 9.51. The molecule has 1 aromatic carbocycles. The number of nitrogens with zero attached hydrogens (tertiary/aromatic N) is 2. The Hall–Kier alpha value is -2.70. The Morgan fingerprint density at radius 2 is 2.10 bits per heavy atom. The summed E-state index contributed by atoms with van der Waals surface area (Å²) in [5.74, 6) is 0.401. The number of hydrogen-bond acceptors (Lipinski definition) is 5. The zero-order valence-electron chi connectivity index (χ0n) is 11.1. The Bertz CT molecular complexity index is 672. The summed E-state index contributed by atoms with van der Waals surface area (Å²) in [5, 5.41) is 16.9. The largest absolute Gasteiger partial charge is 0.359 e. The number of carbonyl (C=O) groups excluding carboxylic acids is 1. The zero-order chi connectivity index (χ0) is 14.7. The van der Waals surface area contributed by atoms with Crippen molar-refractivity contribution in [2.75, 3.05) is 12.4 Å². The number of carbonyl (C=O) groups is 1. The smallest absolute Gasteiger partial charge is 0.270 e. The molecule has 1 unspecified atom stereocenters. The number of nitro benzene ring substituents is 1. The van der Waals surface area contributed by atoms with Gasteiger partial charge in [0.05, 0.1) is 10.4 Å². The second-order valence-corrected chi connectivity index (χ2v) is 4.31. The van der Waals surface area contributed by atoms with Crippen LogP contribution in [-0.2, 0) is 4.79 Å². The van der Waals surface area contributed by atoms with Gasteiger partial charge in [0.15, 0.2) is 0 Å². The lowest BCUT2D eigenvalue weighted by Crippen LogP contribution is -2.35. The number of hydrogen-bond donors (Lipinski definition) is 2. The molecule has 0 aliphatic heterocycles. The van der Waals surface area contributed by atoms with Crippen molar-refractivity contribution in [1.29, 1.82) is 0 Å². The minimum atomic E-state index is -0.445. The molecule has 104 valence electrons. The van der Waals surface area contributed by atoms with E-state index in [4.69, 9.17) is 0 Å². The summed E-state index contributed by atoms with van der Waals surface area (Å²) >= 11 is 0. The molecule has 1 heterocycles. The molecule has 7 nitrogen and oxygen atoms in total. The lowest BCUT2D eigenvalue weighted by atomic mass is 10.2. The number of nitrogens with one attached hydrogen (secondary N) is 2. The van der Waals surface area contributed by atoms with Crippen molar-refractivity contribution in [2.24, 2.45) is 0 Å². The number of rotatable bonds is 4. The second kappa shape index (κ2) is 5.52. The summed E-state index contributed by atoms with van der Waals surface area (Å²) in [5.41, 5.74) is 0.656. The minimum absolute atomic E-state index is 0.0266. The SMILES string of the molecule is CNC(=O)C(C)Nc1ccc2cc([N+](=O)[O-])ccc2n1. The van der Waals surface area contributed by atoms with Crippen LogP contribution < -0.4 is 10.6 Å². The van der Waals surface area contributed by atoms with Gasteiger partial charge in [-0.15, -0.1) is 0 Å². The van der Waals surface area contributed by atoms with E-state index >= 15 is 0 Å². The van der Waals surface area contributed by atoms with Crippen LogP contribution in [0.25, 0.3) is 10.9 Å². The first kappa shape index (κ1) is 13.7. The van der Waals surface area contributed by atoms with E-state index in [-0.39, 0.29) is 11.6 Å². The molecular weight excluding hydrogens is 260 g/mol. The predicted molar refractivity (Wildman–Crippen MR) is 75.5 cm³/mol. The highest BCUT2D eigenvalue weighted by atomic mass is 16.6. The van der Waals surface area contributed by atoms with Crippen LogP contribution in [-0.4, -0.2) is 28.9 Å². The number of fused-ring (bicyclic) bond motifs is 1. The summed E-state index contributed by atoms with van der Waals surface area (Å²) in [6, 6.07) is 7.46. The van der Waals surface area contributed by atoms with E-state index in [0.29, 0.717) is 16.7 Å². The summed E-state index contributed by atoms with van der Waals surface area (Å²) in [7, 11) is 1.56. The molecule has 0 fully saturated rings. The second-order valence-electron chi connectivity index (χ2n) is 4.31. The van der Waals surface area contributed by atoms with Crippen LogP contribution in [0.15, 0.2) is 30.3 Å². The highest BCUT2D eigenvalue weighted by Crippen LogP contribution is 2.21. The minimum Gasteiger partial charge on any atom is -0.359 e. The van der Waals surface area contributed by atoms with E-state index in [1.165, 1.54) is 12.1 Å². The van der Waals surface area contributed by atoms with Gasteiger partial charge in [-0.1, -0.05) is 0 Å². The molecule has 1 amide bonds. The summed E-state index contributed by atoms with van der Waals surface area (Å²) in [6.45, 7) is 1.72. The number of non-ortho nitro benzene ring substituents is 1. The molecule has 1 atom stereocenters. The molecule has 0 spiro atoms. The molecule has 1 aromatic heterocycles. The molecule has 2 N–H and O–H groups in total. The van der Waals surface area contributed by atoms with Crippen LogP contribution in [0.3, 0.4) is 0 Å². The highest BCUT2D eigenvalue weighted by molar-refractivity contribution is 5.85. The van der Waals surface area contributed by atoms with Crippen LogP contribution in [0, 0.1) is 10.1 Å². The molecule has 0 aliphatic rings. The van der Waals surface area contributed by atoms with Crippen molar-refractivity contribution in [3.05, 3.63) is 40.4 Å². The number of likely N-dealkylation sites (N-methyl/N-ethyl adjacent to an activating group) is 1. The Morgan fingerprint density at radius 3 is 2.75 bits per heavy atom. The Labute approximate surface area is 115 Å². The standard InChI is InChI=1S/C13H14N4O3/c1-8(13(18)14-2)15-12-6-3-9-7-10(17(19)20)4-5-11(9)16-12/h3-8H,1-2H3,(H,14,18)(H,15,16). The van der Waals surface area contributed by atoms with Gasteiger partial charge in [-0.05, 0) is 25.1 Å². The van der Waals surface area contributed by atoms with Gasteiger partial charge in [0.25, 0.3) is 5.69 Å². The lowest BCUT2D eigenvalue weighted by molar-refractivity contribution is -0.384. The maximum atomic E-state index is 11.4. The fourth-order valence-electron chi connectivity index (χ4n) is 1.81. The van der Waals surface area contributed by atoms with Gasteiger partial charge >= 0.3 is 0 Å². The molecule has 0 radical (unpaired) electrons. The van der Waals surface area contributed by atoms with Crippen molar-refractivity contribution < 1.29 is 9.72 Å². The van der Waals surface area contributed by atoms with Crippen molar-refractivity contribution in [2.45, 2.75) is 13.0 Å². The number of pyridine rings is 1. The van der Waals surface area contributed by atoms with Crippen molar-refractivity contribution >= 4 is 28.3 Å². The summed E-state index contributed by atoms with van der Waals surface area (Å²) in [4.78, 5) is 26.0. The van der Waals surface area contributed by atoms with Gasteiger partial charge in [0, 0.05) is 24.6 Å². The van der Waals surface area contributed by atoms with Crippen LogP contribution in [0.1, 0.15) is 6.92 Å². The molecule has 0 aliphatic carbocycles. The van der Waals surface area contributed by atoms with Gasteiger partial charge in [-0.2, -0.15) is 0 Å². The van der Waals surface area contributed by atoms with Crippen molar-refractivity contribution in [1.82, 2.24) is 10.3 Å². The van der Waals surface area contributed by atoms with E-state index in [0.717, 1.165) is 0 Å². The van der Waals surface area contributed by atoms with Crippen molar-refractivity contribution in [3.8, 4) is 0 Å². The first-order valence-electron chi connectivity index (χ1n) is 6.04. The average Bonchev–Trinajstić information content (AvgIpc) is 2.45. The van der Waals surface area contributed by atoms with E-state index in [1.54, 1.807) is 32.2 Å². The maximum absolute atomic E-state index is 11.4. The quantitative estimate of drug-likeness (QED) is 0.653. The Kier molecular flexibility index (Phi) is 3.79. The fraction of sp³-hybridized carbons (Fsp3) is 0.231. The van der Waals surface area contributed by atoms with Crippen LogP contribution in [0.5, 0.6) is 0 Å². The van der Waals surface area contributed by atoms with Gasteiger partial charge in [-0.3, -0.25) is 14.9 Å². The van der Waals surface area contributed by atoms with Gasteiger partial charge in [0.1, 0.15) is 11.9 Å². The topological polar surface area (TPSA) is 97.2 Å². The Morgan fingerprint density at radius 1 is 1.35 bits per heavy atom. The third-order valence-corrected chi connectivity index (χ3v) is 2.89. The fourth-order valence-corrected chi connectivity index (χ4v) is 1.81. The summed E-state index contributed by atoms with van der Waals surface area (Å²) < 4.78 is 0. The third kappa shape index (κ3) is 2.82. The maximum Gasteiger partial charge on any atom is 0.270 e. The van der Waals surface area contributed by atoms with Gasteiger partial charge in [-0.25, -0.2) is 4.98 Å². The molecule has 2 rings (SSSR count). The summed E-state index contributed by atoms with van der Waals surface area (Å²) in [6.07, 6.45) is 0. The lowest BCUT2D eigenvalue weighted by Gasteiger charge is -2.13. The van der Waals surface area contributed by atoms with E-state index < -0.39 is 11.0 Å². The first-order valence-corrected chi connectivity index (χ1v) is 6.04. The van der Waals surface area contributed by atoms with Gasteiger partial charge in [0.2, 0.25) is 5.91 Å². The number of nitro groups is 1. The van der Waals surface area contributed by atoms with Crippen LogP contribution in [0.2, 0.25) is 0 Å². The van der Waals surface area contributed by atoms with Crippen LogP contribution >= 0.6 is 0 Å². The Balaban J connectivity index is 2.28. The molecule has 0 bridgehead atoms. The number of amides is 1. The van der Waals surface area contributed by atoms with E-state index in [9.17, 15) is 14.9 Å². The number of anilines is 1. The molecular formula is C13H14N4O3. The highest BCUT2D eigenvalue weighted by Gasteiger charge is 2.12. The zero-order valence-corrected chi connectivity index (χ0v) is 11.1. The molecule has 0 saturated carbocycles. The number of aromatic nitrogens is 1. The monoisotopic (exact) mass is 274 g/mol. The molecule has 2 aromatic rings. The van der Waals surface area contributed by atoms with Gasteiger partial charge < -0.3 is 10.6 Å². The molecule has 20 heavy (non-hydrogen) atoms. The molecule has 7 heteroatoms. The third-order valence-electron chi connectivity index (χ3n) is 2.89. The van der Waals surface area contributed by atoms with E-state index in [1.807, 2.05) is 0 Å². The average molecular weight is 274 g/mol. The number of benzene rings is 1. The van der Waals surface area contributed by atoms with Crippen molar-refractivity contribution in [3.63, 3.8) is 0 Å². The van der Waals surface area contributed by atoms with E-state index in [2.05, 4.69) is 15.6 Å². The molecule has 0 saturated heterocycles. The van der Waals surface area contributed by atoms with Crippen LogP contribution in [0.4, 0.5) is 11.5 Å². The predicted octanol–water partition coefficient (Wildman–Crippen LogP) is 1.69.